The van der Waals surface area contributed by atoms with E-state index in [0.717, 1.165) is 5.56 Å². The topological polar surface area (TPSA) is 58.6 Å². The van der Waals surface area contributed by atoms with E-state index in [4.69, 9.17) is 9.84 Å². The van der Waals surface area contributed by atoms with Crippen LogP contribution in [-0.2, 0) is 11.2 Å². The summed E-state index contributed by atoms with van der Waals surface area (Å²) in [5, 5.41) is 10.5. The first-order chi connectivity index (χ1) is 8.88. The number of hydrogen-bond donors (Lipinski definition) is 2. The van der Waals surface area contributed by atoms with E-state index in [2.05, 4.69) is 5.32 Å². The Kier molecular flexibility index (Phi) is 5.23. The van der Waals surface area contributed by atoms with Crippen LogP contribution in [0.1, 0.15) is 11.1 Å². The summed E-state index contributed by atoms with van der Waals surface area (Å²) in [5.74, 6) is -3.18. The molecule has 0 aliphatic rings. The second kappa shape index (κ2) is 6.47. The number of benzene rings is 1. The number of carbonyl (C=O) groups excluding carboxylic acids is 1. The van der Waals surface area contributed by atoms with Crippen LogP contribution >= 0.6 is 0 Å². The molecule has 4 nitrogen and oxygen atoms in total. The van der Waals surface area contributed by atoms with Crippen molar-refractivity contribution in [3.8, 4) is 5.75 Å². The second-order valence-corrected chi connectivity index (χ2v) is 4.27. The van der Waals surface area contributed by atoms with Gasteiger partial charge in [0.2, 0.25) is 5.91 Å². The highest BCUT2D eigenvalue weighted by Crippen LogP contribution is 2.19. The van der Waals surface area contributed by atoms with Gasteiger partial charge in [0, 0.05) is 0 Å². The number of aryl methyl sites for hydroxylation is 1. The number of ether oxygens (including phenoxy) is 1. The van der Waals surface area contributed by atoms with E-state index in [9.17, 15) is 13.6 Å². The van der Waals surface area contributed by atoms with Gasteiger partial charge in [-0.05, 0) is 24.1 Å². The van der Waals surface area contributed by atoms with Crippen molar-refractivity contribution in [1.82, 2.24) is 5.32 Å². The highest BCUT2D eigenvalue weighted by Gasteiger charge is 2.28. The number of aliphatic hydroxyl groups is 1. The van der Waals surface area contributed by atoms with E-state index in [1.54, 1.807) is 18.2 Å². The fourth-order valence-electron chi connectivity index (χ4n) is 1.51. The van der Waals surface area contributed by atoms with Crippen LogP contribution in [0.4, 0.5) is 8.78 Å². The Morgan fingerprint density at radius 2 is 2.16 bits per heavy atom. The van der Waals surface area contributed by atoms with Gasteiger partial charge in [-0.15, -0.1) is 0 Å². The molecule has 0 aliphatic carbocycles. The molecule has 0 bridgehead atoms. The fourth-order valence-corrected chi connectivity index (χ4v) is 1.51. The van der Waals surface area contributed by atoms with Gasteiger partial charge >= 0.3 is 0 Å². The summed E-state index contributed by atoms with van der Waals surface area (Å²) in [7, 11) is 1.52. The summed E-state index contributed by atoms with van der Waals surface area (Å²) < 4.78 is 30.6. The lowest BCUT2D eigenvalue weighted by atomic mass is 10.1. The first-order valence-electron chi connectivity index (χ1n) is 5.77. The molecule has 0 radical (unpaired) electrons. The number of nitrogens with one attached hydrogen (secondary N) is 1. The van der Waals surface area contributed by atoms with Gasteiger partial charge < -0.3 is 15.2 Å². The molecule has 0 saturated carbocycles. The number of hydrogen-bond acceptors (Lipinski definition) is 3. The number of carbonyl (C=O) groups is 1. The van der Waals surface area contributed by atoms with E-state index in [-0.39, 0.29) is 6.42 Å². The number of aliphatic hydroxyl groups excluding tert-OH is 1. The first kappa shape index (κ1) is 15.4. The Morgan fingerprint density at radius 3 is 2.74 bits per heavy atom. The van der Waals surface area contributed by atoms with Crippen LogP contribution in [0, 0.1) is 6.92 Å². The first-order valence-corrected chi connectivity index (χ1v) is 5.77. The zero-order valence-corrected chi connectivity index (χ0v) is 10.9. The fraction of sp³-hybridized carbons (Fsp3) is 0.462. The second-order valence-electron chi connectivity index (χ2n) is 4.27. The van der Waals surface area contributed by atoms with Crippen molar-refractivity contribution >= 4 is 5.91 Å². The third-order valence-corrected chi connectivity index (χ3v) is 2.61. The molecule has 0 unspecified atom stereocenters. The number of methoxy groups -OCH3 is 1. The molecular weight excluding hydrogens is 256 g/mol. The predicted molar refractivity (Wildman–Crippen MR) is 66.5 cm³/mol. The third kappa shape index (κ3) is 4.82. The van der Waals surface area contributed by atoms with Crippen molar-refractivity contribution < 1.29 is 23.4 Å². The Hall–Kier alpha value is -1.69. The van der Waals surface area contributed by atoms with E-state index in [1.165, 1.54) is 7.11 Å². The standard InChI is InChI=1S/C13H17F2NO3/c1-9-3-4-10(5-11(9)19-2)6-12(18)16-7-13(14,15)8-17/h3-5,17H,6-8H2,1-2H3,(H,16,18). The van der Waals surface area contributed by atoms with Crippen molar-refractivity contribution in [1.29, 1.82) is 0 Å². The molecule has 106 valence electrons. The molecule has 1 aromatic rings. The number of alkyl halides is 2. The van der Waals surface area contributed by atoms with E-state index < -0.39 is 25.0 Å². The summed E-state index contributed by atoms with van der Waals surface area (Å²) in [6, 6.07) is 5.23. The Labute approximate surface area is 110 Å². The number of halogens is 2. The summed E-state index contributed by atoms with van der Waals surface area (Å²) in [5.41, 5.74) is 1.60. The molecule has 1 amide bonds. The normalized spacial score (nSPS) is 11.2. The maximum Gasteiger partial charge on any atom is 0.287 e. The van der Waals surface area contributed by atoms with Crippen molar-refractivity contribution in [3.63, 3.8) is 0 Å². The molecule has 1 rings (SSSR count). The van der Waals surface area contributed by atoms with Gasteiger partial charge in [-0.3, -0.25) is 4.79 Å². The highest BCUT2D eigenvalue weighted by molar-refractivity contribution is 5.78. The lowest BCUT2D eigenvalue weighted by Gasteiger charge is -2.14. The molecule has 0 spiro atoms. The molecular formula is C13H17F2NO3. The van der Waals surface area contributed by atoms with Gasteiger partial charge in [0.15, 0.2) is 0 Å². The van der Waals surface area contributed by atoms with Crippen LogP contribution in [0.2, 0.25) is 0 Å². The van der Waals surface area contributed by atoms with Gasteiger partial charge in [0.25, 0.3) is 5.92 Å². The predicted octanol–water partition coefficient (Wildman–Crippen LogP) is 1.29. The zero-order valence-electron chi connectivity index (χ0n) is 10.9. The minimum Gasteiger partial charge on any atom is -0.496 e. The monoisotopic (exact) mass is 273 g/mol. The van der Waals surface area contributed by atoms with Crippen LogP contribution in [0.15, 0.2) is 18.2 Å². The number of rotatable bonds is 6. The smallest absolute Gasteiger partial charge is 0.287 e. The Bertz CT molecular complexity index is 450. The SMILES string of the molecule is COc1cc(CC(=O)NCC(F)(F)CO)ccc1C. The molecule has 0 fully saturated rings. The molecule has 0 atom stereocenters. The summed E-state index contributed by atoms with van der Waals surface area (Å²) in [6.45, 7) is -0.290. The maximum atomic E-state index is 12.7. The minimum absolute atomic E-state index is 0.0157. The van der Waals surface area contributed by atoms with E-state index in [1.807, 2.05) is 6.92 Å². The third-order valence-electron chi connectivity index (χ3n) is 2.61. The number of amides is 1. The van der Waals surface area contributed by atoms with Gasteiger partial charge in [-0.1, -0.05) is 12.1 Å². The summed E-state index contributed by atoms with van der Waals surface area (Å²) in [4.78, 5) is 11.5. The average molecular weight is 273 g/mol. The van der Waals surface area contributed by atoms with Crippen LogP contribution in [-0.4, -0.2) is 37.2 Å². The highest BCUT2D eigenvalue weighted by atomic mass is 19.3. The van der Waals surface area contributed by atoms with Gasteiger partial charge in [0.05, 0.1) is 20.1 Å². The average Bonchev–Trinajstić information content (AvgIpc) is 2.39. The minimum atomic E-state index is -3.29. The van der Waals surface area contributed by atoms with Crippen LogP contribution in [0.3, 0.4) is 0 Å². The zero-order chi connectivity index (χ0) is 14.5. The van der Waals surface area contributed by atoms with Crippen LogP contribution in [0.25, 0.3) is 0 Å². The Morgan fingerprint density at radius 1 is 1.47 bits per heavy atom. The lowest BCUT2D eigenvalue weighted by Crippen LogP contribution is -2.39. The van der Waals surface area contributed by atoms with Crippen LogP contribution in [0.5, 0.6) is 5.75 Å². The van der Waals surface area contributed by atoms with Gasteiger partial charge in [0.1, 0.15) is 12.4 Å². The van der Waals surface area contributed by atoms with Gasteiger partial charge in [-0.25, -0.2) is 8.78 Å². The quantitative estimate of drug-likeness (QED) is 0.821. The largest absolute Gasteiger partial charge is 0.496 e. The molecule has 0 saturated heterocycles. The van der Waals surface area contributed by atoms with Crippen molar-refractivity contribution in [2.45, 2.75) is 19.3 Å². The summed E-state index contributed by atoms with van der Waals surface area (Å²) in [6.07, 6.45) is -0.0157. The van der Waals surface area contributed by atoms with Crippen LogP contribution < -0.4 is 10.1 Å². The van der Waals surface area contributed by atoms with E-state index in [0.29, 0.717) is 11.3 Å². The molecule has 6 heteroatoms. The molecule has 0 heterocycles. The van der Waals surface area contributed by atoms with Gasteiger partial charge in [-0.2, -0.15) is 0 Å². The van der Waals surface area contributed by atoms with Crippen molar-refractivity contribution in [2.75, 3.05) is 20.3 Å². The van der Waals surface area contributed by atoms with Crippen molar-refractivity contribution in [2.24, 2.45) is 0 Å². The Balaban J connectivity index is 2.58. The molecule has 0 aromatic heterocycles. The lowest BCUT2D eigenvalue weighted by molar-refractivity contribution is -0.123. The molecule has 2 N–H and O–H groups in total. The molecule has 0 aliphatic heterocycles. The molecule has 19 heavy (non-hydrogen) atoms. The van der Waals surface area contributed by atoms with Crippen molar-refractivity contribution in [3.05, 3.63) is 29.3 Å². The van der Waals surface area contributed by atoms with E-state index >= 15 is 0 Å². The molecule has 1 aromatic carbocycles. The summed E-state index contributed by atoms with van der Waals surface area (Å²) >= 11 is 0. The maximum absolute atomic E-state index is 12.7.